The molecule has 10 heteroatoms. The highest BCUT2D eigenvalue weighted by molar-refractivity contribution is 7.89. The Morgan fingerprint density at radius 1 is 0.914 bits per heavy atom. The van der Waals surface area contributed by atoms with Gasteiger partial charge in [0, 0.05) is 24.4 Å². The number of hydrogen-bond acceptors (Lipinski definition) is 7. The molecule has 0 spiro atoms. The summed E-state index contributed by atoms with van der Waals surface area (Å²) in [6.07, 6.45) is 0. The predicted molar refractivity (Wildman–Crippen MR) is 130 cm³/mol. The molecule has 1 aliphatic rings. The molecule has 0 aromatic heterocycles. The van der Waals surface area contributed by atoms with Crippen molar-refractivity contribution >= 4 is 21.6 Å². The molecule has 184 valence electrons. The molecule has 3 aromatic rings. The van der Waals surface area contributed by atoms with Crippen LogP contribution in [0, 0.1) is 0 Å². The lowest BCUT2D eigenvalue weighted by Gasteiger charge is -2.23. The molecule has 0 atom stereocenters. The van der Waals surface area contributed by atoms with E-state index in [9.17, 15) is 13.2 Å². The Morgan fingerprint density at radius 2 is 1.63 bits per heavy atom. The number of carbonyl (C=O) groups excluding carboxylic acids is 1. The number of carbonyl (C=O) groups is 1. The molecule has 4 rings (SSSR count). The smallest absolute Gasteiger partial charge is 0.243 e. The van der Waals surface area contributed by atoms with Gasteiger partial charge in [0.15, 0.2) is 23.0 Å². The van der Waals surface area contributed by atoms with Crippen LogP contribution in [0.3, 0.4) is 0 Å². The molecule has 0 unspecified atom stereocenters. The second-order valence-electron chi connectivity index (χ2n) is 7.68. The monoisotopic (exact) mass is 498 g/mol. The number of anilines is 1. The quantitative estimate of drug-likeness (QED) is 0.483. The zero-order chi connectivity index (χ0) is 24.8. The number of hydrogen-bond donors (Lipinski definition) is 1. The van der Waals surface area contributed by atoms with Gasteiger partial charge in [0.2, 0.25) is 15.9 Å². The van der Waals surface area contributed by atoms with Gasteiger partial charge in [-0.2, -0.15) is 4.31 Å². The summed E-state index contributed by atoms with van der Waals surface area (Å²) < 4.78 is 49.8. The Bertz CT molecular complexity index is 1300. The number of fused-ring (bicyclic) bond motifs is 1. The minimum Gasteiger partial charge on any atom is -0.493 e. The van der Waals surface area contributed by atoms with Crippen LogP contribution in [-0.2, 0) is 21.4 Å². The lowest BCUT2D eigenvalue weighted by Crippen LogP contribution is -2.37. The van der Waals surface area contributed by atoms with Gasteiger partial charge in [-0.25, -0.2) is 8.42 Å². The van der Waals surface area contributed by atoms with Gasteiger partial charge in [-0.1, -0.05) is 30.3 Å². The van der Waals surface area contributed by atoms with E-state index in [4.69, 9.17) is 18.9 Å². The number of ether oxygens (including phenoxy) is 4. The summed E-state index contributed by atoms with van der Waals surface area (Å²) in [5, 5.41) is 2.75. The zero-order valence-electron chi connectivity index (χ0n) is 19.4. The summed E-state index contributed by atoms with van der Waals surface area (Å²) in [4.78, 5) is 12.9. The predicted octanol–water partition coefficient (Wildman–Crippen LogP) is 3.30. The standard InChI is InChI=1S/C25H26N2O7S/c1-31-21-11-9-20(15-23(21)32-2)35(29,30)27(16-18-6-4-3-5-7-18)17-25(28)26-19-8-10-22-24(14-19)34-13-12-33-22/h3-11,14-15H,12-13,16-17H2,1-2H3,(H,26,28). The molecule has 0 fully saturated rings. The maximum atomic E-state index is 13.6. The van der Waals surface area contributed by atoms with Crippen LogP contribution >= 0.6 is 0 Å². The van der Waals surface area contributed by atoms with E-state index in [1.807, 2.05) is 18.2 Å². The third-order valence-electron chi connectivity index (χ3n) is 5.34. The minimum atomic E-state index is -4.07. The summed E-state index contributed by atoms with van der Waals surface area (Å²) in [7, 11) is -1.17. The topological polar surface area (TPSA) is 103 Å². The van der Waals surface area contributed by atoms with Gasteiger partial charge in [0.1, 0.15) is 13.2 Å². The summed E-state index contributed by atoms with van der Waals surface area (Å²) in [6, 6.07) is 18.4. The van der Waals surface area contributed by atoms with Gasteiger partial charge in [-0.05, 0) is 29.8 Å². The van der Waals surface area contributed by atoms with Crippen LogP contribution in [-0.4, -0.2) is 52.6 Å². The first-order chi connectivity index (χ1) is 16.9. The molecule has 1 amide bonds. The Hall–Kier alpha value is -3.76. The van der Waals surface area contributed by atoms with Gasteiger partial charge in [-0.15, -0.1) is 0 Å². The molecule has 0 saturated heterocycles. The normalized spacial score (nSPS) is 12.8. The van der Waals surface area contributed by atoms with Crippen LogP contribution in [0.15, 0.2) is 71.6 Å². The van der Waals surface area contributed by atoms with Gasteiger partial charge in [0.25, 0.3) is 0 Å². The Kier molecular flexibility index (Phi) is 7.42. The molecule has 1 heterocycles. The molecule has 9 nitrogen and oxygen atoms in total. The number of rotatable bonds is 9. The molecule has 35 heavy (non-hydrogen) atoms. The van der Waals surface area contributed by atoms with Crippen molar-refractivity contribution in [2.45, 2.75) is 11.4 Å². The Morgan fingerprint density at radius 3 is 2.34 bits per heavy atom. The number of nitrogens with zero attached hydrogens (tertiary/aromatic N) is 1. The van der Waals surface area contributed by atoms with Gasteiger partial charge >= 0.3 is 0 Å². The van der Waals surface area contributed by atoms with Crippen molar-refractivity contribution in [1.82, 2.24) is 4.31 Å². The summed E-state index contributed by atoms with van der Waals surface area (Å²) >= 11 is 0. The number of benzene rings is 3. The van der Waals surface area contributed by atoms with Crippen LogP contribution in [0.25, 0.3) is 0 Å². The molecule has 0 aliphatic carbocycles. The van der Waals surface area contributed by atoms with Crippen LogP contribution in [0.2, 0.25) is 0 Å². The number of methoxy groups -OCH3 is 2. The van der Waals surface area contributed by atoms with Crippen LogP contribution in [0.5, 0.6) is 23.0 Å². The lowest BCUT2D eigenvalue weighted by atomic mass is 10.2. The van der Waals surface area contributed by atoms with Crippen LogP contribution in [0.1, 0.15) is 5.56 Å². The average Bonchev–Trinajstić information content (AvgIpc) is 2.88. The van der Waals surface area contributed by atoms with Crippen molar-refractivity contribution in [1.29, 1.82) is 0 Å². The van der Waals surface area contributed by atoms with Crippen LogP contribution < -0.4 is 24.3 Å². The first-order valence-electron chi connectivity index (χ1n) is 10.9. The van der Waals surface area contributed by atoms with Crippen molar-refractivity contribution in [3.63, 3.8) is 0 Å². The average molecular weight is 499 g/mol. The molecule has 0 bridgehead atoms. The van der Waals surface area contributed by atoms with E-state index in [-0.39, 0.29) is 17.2 Å². The molecular weight excluding hydrogens is 472 g/mol. The van der Waals surface area contributed by atoms with Crippen molar-refractivity contribution in [2.24, 2.45) is 0 Å². The second-order valence-corrected chi connectivity index (χ2v) is 9.62. The number of sulfonamides is 1. The fraction of sp³-hybridized carbons (Fsp3) is 0.240. The van der Waals surface area contributed by atoms with Gasteiger partial charge < -0.3 is 24.3 Å². The molecule has 3 aromatic carbocycles. The summed E-state index contributed by atoms with van der Waals surface area (Å²) in [6.45, 7) is 0.478. The van der Waals surface area contributed by atoms with Crippen molar-refractivity contribution in [3.8, 4) is 23.0 Å². The minimum absolute atomic E-state index is 0.00603. The van der Waals surface area contributed by atoms with E-state index in [0.717, 1.165) is 9.87 Å². The van der Waals surface area contributed by atoms with E-state index >= 15 is 0 Å². The number of amides is 1. The SMILES string of the molecule is COc1ccc(S(=O)(=O)N(CC(=O)Nc2ccc3c(c2)OCCO3)Cc2ccccc2)cc1OC. The highest BCUT2D eigenvalue weighted by Gasteiger charge is 2.28. The Balaban J connectivity index is 1.59. The maximum absolute atomic E-state index is 13.6. The largest absolute Gasteiger partial charge is 0.493 e. The van der Waals surface area contributed by atoms with Gasteiger partial charge in [0.05, 0.1) is 25.7 Å². The lowest BCUT2D eigenvalue weighted by molar-refractivity contribution is -0.116. The molecule has 1 aliphatic heterocycles. The third kappa shape index (κ3) is 5.67. The second kappa shape index (κ2) is 10.7. The van der Waals surface area contributed by atoms with Crippen LogP contribution in [0.4, 0.5) is 5.69 Å². The highest BCUT2D eigenvalue weighted by atomic mass is 32.2. The first kappa shape index (κ1) is 24.4. The zero-order valence-corrected chi connectivity index (χ0v) is 20.2. The van der Waals surface area contributed by atoms with E-state index in [1.54, 1.807) is 30.3 Å². The van der Waals surface area contributed by atoms with Crippen molar-refractivity contribution in [3.05, 3.63) is 72.3 Å². The summed E-state index contributed by atoms with van der Waals surface area (Å²) in [5.74, 6) is 1.29. The molecule has 1 N–H and O–H groups in total. The number of nitrogens with one attached hydrogen (secondary N) is 1. The van der Waals surface area contributed by atoms with E-state index in [1.165, 1.54) is 32.4 Å². The van der Waals surface area contributed by atoms with Crippen molar-refractivity contribution in [2.75, 3.05) is 39.3 Å². The highest BCUT2D eigenvalue weighted by Crippen LogP contribution is 2.33. The molecule has 0 radical (unpaired) electrons. The fourth-order valence-electron chi connectivity index (χ4n) is 3.62. The Labute approximate surface area is 204 Å². The van der Waals surface area contributed by atoms with E-state index < -0.39 is 22.5 Å². The van der Waals surface area contributed by atoms with Gasteiger partial charge in [-0.3, -0.25) is 4.79 Å². The fourth-order valence-corrected chi connectivity index (χ4v) is 5.02. The summed E-state index contributed by atoms with van der Waals surface area (Å²) in [5.41, 5.74) is 1.21. The van der Waals surface area contributed by atoms with Crippen molar-refractivity contribution < 1.29 is 32.2 Å². The molecular formula is C25H26N2O7S. The third-order valence-corrected chi connectivity index (χ3v) is 7.13. The maximum Gasteiger partial charge on any atom is 0.243 e. The first-order valence-corrected chi connectivity index (χ1v) is 12.3. The molecule has 0 saturated carbocycles. The van der Waals surface area contributed by atoms with E-state index in [0.29, 0.717) is 36.1 Å². The van der Waals surface area contributed by atoms with E-state index in [2.05, 4.69) is 5.32 Å².